The first kappa shape index (κ1) is 16.6. The van der Waals surface area contributed by atoms with E-state index in [1.807, 2.05) is 0 Å². The zero-order valence-corrected chi connectivity index (χ0v) is 13.1. The third-order valence-electron chi connectivity index (χ3n) is 3.84. The van der Waals surface area contributed by atoms with Crippen molar-refractivity contribution in [3.8, 4) is 0 Å². The van der Waals surface area contributed by atoms with Crippen LogP contribution in [0.2, 0.25) is 0 Å². The number of ether oxygens (including phenoxy) is 2. The van der Waals surface area contributed by atoms with E-state index >= 15 is 0 Å². The normalized spacial score (nSPS) is 37.9. The molecule has 10 nitrogen and oxygen atoms in total. The predicted molar refractivity (Wildman–Crippen MR) is 76.1 cm³/mol. The number of hydrogen-bond acceptors (Lipinski definition) is 7. The highest BCUT2D eigenvalue weighted by atomic mass is 31.2. The molecule has 1 aromatic heterocycles. The van der Waals surface area contributed by atoms with E-state index in [2.05, 4.69) is 4.98 Å². The molecule has 2 fully saturated rings. The zero-order valence-electron chi connectivity index (χ0n) is 12.2. The van der Waals surface area contributed by atoms with E-state index in [0.29, 0.717) is 5.56 Å². The largest absolute Gasteiger partial charge is 0.390 e. The number of hydrogen-bond donors (Lipinski definition) is 3. The third kappa shape index (κ3) is 3.06. The average Bonchev–Trinajstić information content (AvgIpc) is 2.84. The highest BCUT2D eigenvalue weighted by Gasteiger charge is 2.50. The smallest absolute Gasteiger partial charge is 0.359 e. The molecule has 0 bridgehead atoms. The van der Waals surface area contributed by atoms with Crippen LogP contribution < -0.4 is 11.2 Å². The fraction of sp³-hybridized carbons (Fsp3) is 0.667. The lowest BCUT2D eigenvalue weighted by molar-refractivity contribution is -0.102. The Labute approximate surface area is 130 Å². The summed E-state index contributed by atoms with van der Waals surface area (Å²) in [5.74, 6) is -1.32. The zero-order chi connectivity index (χ0) is 16.8. The molecule has 0 aliphatic carbocycles. The van der Waals surface area contributed by atoms with Crippen molar-refractivity contribution < 1.29 is 28.6 Å². The Morgan fingerprint density at radius 1 is 1.39 bits per heavy atom. The Balaban J connectivity index is 1.87. The predicted octanol–water partition coefficient (Wildman–Crippen LogP) is -0.948. The number of nitrogens with one attached hydrogen (secondary N) is 1. The van der Waals surface area contributed by atoms with Crippen molar-refractivity contribution in [2.75, 3.05) is 13.2 Å². The van der Waals surface area contributed by atoms with E-state index < -0.39 is 43.1 Å². The van der Waals surface area contributed by atoms with Gasteiger partial charge in [0, 0.05) is 18.2 Å². The van der Waals surface area contributed by atoms with Crippen LogP contribution in [0.15, 0.2) is 15.8 Å². The van der Waals surface area contributed by atoms with Gasteiger partial charge in [-0.15, -0.1) is 0 Å². The van der Waals surface area contributed by atoms with Crippen molar-refractivity contribution in [3.63, 3.8) is 0 Å². The number of aliphatic hydroxyl groups is 1. The molecule has 3 rings (SSSR count). The molecule has 2 unspecified atom stereocenters. The van der Waals surface area contributed by atoms with Gasteiger partial charge in [-0.1, -0.05) is 0 Å². The lowest BCUT2D eigenvalue weighted by atomic mass is 10.2. The Hall–Kier alpha value is -1.29. The minimum Gasteiger partial charge on any atom is -0.390 e. The number of H-pyrrole nitrogens is 1. The van der Waals surface area contributed by atoms with Crippen molar-refractivity contribution in [2.45, 2.75) is 37.6 Å². The Morgan fingerprint density at radius 2 is 2.13 bits per heavy atom. The SMILES string of the molecule is Cc1cn(C2C[C@H](O)[C@@H]([C@@H]3OCCOP3(=O)O)O2)c(=O)[nH]c1=O. The fourth-order valence-electron chi connectivity index (χ4n) is 2.69. The molecule has 2 aliphatic heterocycles. The number of rotatable bonds is 2. The van der Waals surface area contributed by atoms with Gasteiger partial charge in [0.15, 0.2) is 5.85 Å². The fourth-order valence-corrected chi connectivity index (χ4v) is 4.11. The summed E-state index contributed by atoms with van der Waals surface area (Å²) in [5, 5.41) is 10.1. The second-order valence-electron chi connectivity index (χ2n) is 5.50. The lowest BCUT2D eigenvalue weighted by Gasteiger charge is -2.32. The van der Waals surface area contributed by atoms with E-state index in [1.54, 1.807) is 0 Å². The van der Waals surface area contributed by atoms with Gasteiger partial charge in [0.2, 0.25) is 0 Å². The van der Waals surface area contributed by atoms with Gasteiger partial charge in [-0.3, -0.25) is 18.9 Å². The molecule has 2 saturated heterocycles. The topological polar surface area (TPSA) is 140 Å². The Bertz CT molecular complexity index is 758. The molecular weight excluding hydrogens is 331 g/mol. The highest BCUT2D eigenvalue weighted by Crippen LogP contribution is 2.54. The molecule has 5 atom stereocenters. The molecule has 2 aliphatic rings. The first-order chi connectivity index (χ1) is 10.8. The van der Waals surface area contributed by atoms with Gasteiger partial charge in [0.05, 0.1) is 19.3 Å². The third-order valence-corrected chi connectivity index (χ3v) is 5.48. The van der Waals surface area contributed by atoms with Gasteiger partial charge in [-0.05, 0) is 6.92 Å². The summed E-state index contributed by atoms with van der Waals surface area (Å²) in [6, 6.07) is 0. The van der Waals surface area contributed by atoms with Gasteiger partial charge in [-0.2, -0.15) is 0 Å². The molecule has 0 saturated carbocycles. The van der Waals surface area contributed by atoms with Crippen LogP contribution in [0, 0.1) is 6.92 Å². The first-order valence-corrected chi connectivity index (χ1v) is 8.68. The van der Waals surface area contributed by atoms with Crippen LogP contribution in [0.5, 0.6) is 0 Å². The molecular formula is C12H17N2O8P. The van der Waals surface area contributed by atoms with Crippen molar-refractivity contribution in [1.82, 2.24) is 9.55 Å². The molecule has 0 aromatic carbocycles. The van der Waals surface area contributed by atoms with Gasteiger partial charge >= 0.3 is 13.3 Å². The molecule has 0 amide bonds. The number of aromatic nitrogens is 2. The maximum Gasteiger partial charge on any atom is 0.359 e. The lowest BCUT2D eigenvalue weighted by Crippen LogP contribution is -2.40. The highest BCUT2D eigenvalue weighted by molar-refractivity contribution is 7.53. The van der Waals surface area contributed by atoms with Crippen LogP contribution in [0.4, 0.5) is 0 Å². The maximum atomic E-state index is 12.0. The average molecular weight is 348 g/mol. The van der Waals surface area contributed by atoms with Gasteiger partial charge in [0.25, 0.3) is 5.56 Å². The molecule has 23 heavy (non-hydrogen) atoms. The van der Waals surface area contributed by atoms with Crippen LogP contribution in [0.25, 0.3) is 0 Å². The van der Waals surface area contributed by atoms with E-state index in [9.17, 15) is 24.2 Å². The van der Waals surface area contributed by atoms with Gasteiger partial charge in [0.1, 0.15) is 12.3 Å². The summed E-state index contributed by atoms with van der Waals surface area (Å²) in [4.78, 5) is 35.2. The van der Waals surface area contributed by atoms with Crippen LogP contribution in [-0.4, -0.2) is 50.8 Å². The standard InChI is InChI=1S/C12H17N2O8P/c1-6-5-14(12(17)13-10(6)16)8-4-7(15)9(22-8)11-20-2-3-21-23(11,18)19/h5,7-9,11,15H,2-4H2,1H3,(H,18,19)(H,13,16,17)/t7-,8?,9-,11+/m0/s1. The van der Waals surface area contributed by atoms with Gasteiger partial charge < -0.3 is 24.0 Å². The molecule has 0 radical (unpaired) electrons. The van der Waals surface area contributed by atoms with Crippen LogP contribution in [0.3, 0.4) is 0 Å². The summed E-state index contributed by atoms with van der Waals surface area (Å²) in [6.45, 7) is 1.61. The van der Waals surface area contributed by atoms with E-state index in [0.717, 1.165) is 4.57 Å². The molecule has 3 N–H and O–H groups in total. The molecule has 1 aromatic rings. The number of nitrogens with zero attached hydrogens (tertiary/aromatic N) is 1. The summed E-state index contributed by atoms with van der Waals surface area (Å²) < 4.78 is 28.8. The summed E-state index contributed by atoms with van der Waals surface area (Å²) >= 11 is 0. The molecule has 128 valence electrons. The maximum absolute atomic E-state index is 12.0. The van der Waals surface area contributed by atoms with Gasteiger partial charge in [-0.25, -0.2) is 4.79 Å². The monoisotopic (exact) mass is 348 g/mol. The van der Waals surface area contributed by atoms with Crippen molar-refractivity contribution in [1.29, 1.82) is 0 Å². The summed E-state index contributed by atoms with van der Waals surface area (Å²) in [6.07, 6.45) is -1.79. The minimum atomic E-state index is -4.08. The molecule has 11 heteroatoms. The molecule has 0 spiro atoms. The second kappa shape index (κ2) is 5.97. The minimum absolute atomic E-state index is 0.00984. The van der Waals surface area contributed by atoms with Crippen molar-refractivity contribution in [3.05, 3.63) is 32.6 Å². The van der Waals surface area contributed by atoms with Crippen LogP contribution in [0.1, 0.15) is 18.2 Å². The van der Waals surface area contributed by atoms with Crippen molar-refractivity contribution in [2.24, 2.45) is 0 Å². The Kier molecular flexibility index (Phi) is 4.30. The summed E-state index contributed by atoms with van der Waals surface area (Å²) in [5.41, 5.74) is -0.895. The molecule has 3 heterocycles. The van der Waals surface area contributed by atoms with E-state index in [-0.39, 0.29) is 19.6 Å². The van der Waals surface area contributed by atoms with Crippen LogP contribution in [-0.2, 0) is 18.6 Å². The number of aromatic amines is 1. The Morgan fingerprint density at radius 3 is 2.83 bits per heavy atom. The first-order valence-electron chi connectivity index (χ1n) is 7.04. The van der Waals surface area contributed by atoms with E-state index in [1.165, 1.54) is 13.1 Å². The van der Waals surface area contributed by atoms with E-state index in [4.69, 9.17) is 14.0 Å². The number of aryl methyl sites for hydroxylation is 1. The second-order valence-corrected chi connectivity index (χ2v) is 7.39. The summed E-state index contributed by atoms with van der Waals surface area (Å²) in [7, 11) is -4.08. The van der Waals surface area contributed by atoms with Crippen molar-refractivity contribution >= 4 is 7.60 Å². The number of aliphatic hydroxyl groups excluding tert-OH is 1. The quantitative estimate of drug-likeness (QED) is 0.581. The van der Waals surface area contributed by atoms with Crippen LogP contribution >= 0.6 is 7.60 Å².